The van der Waals surface area contributed by atoms with Gasteiger partial charge in [0.25, 0.3) is 0 Å². The fourth-order valence-corrected chi connectivity index (χ4v) is 4.68. The van der Waals surface area contributed by atoms with E-state index in [0.717, 1.165) is 15.6 Å². The minimum atomic E-state index is -1.45. The zero-order chi connectivity index (χ0) is 19.1. The number of benzene rings is 2. The van der Waals surface area contributed by atoms with Crippen molar-refractivity contribution < 1.29 is 9.53 Å². The lowest BCUT2D eigenvalue weighted by atomic mass is 9.64. The van der Waals surface area contributed by atoms with Crippen LogP contribution in [0.4, 0.5) is 0 Å². The molecule has 2 aromatic carbocycles. The summed E-state index contributed by atoms with van der Waals surface area (Å²) in [5, 5.41) is 23.7. The first-order valence-corrected chi connectivity index (χ1v) is 9.44. The number of nitriles is 2. The van der Waals surface area contributed by atoms with Crippen LogP contribution in [0.15, 0.2) is 59.1 Å². The normalized spacial score (nSPS) is 28.5. The molecule has 2 aliphatic heterocycles. The van der Waals surface area contributed by atoms with Crippen LogP contribution in [0.5, 0.6) is 0 Å². The number of cyclic esters (lactones) is 1. The van der Waals surface area contributed by atoms with E-state index in [4.69, 9.17) is 4.74 Å². The van der Waals surface area contributed by atoms with Crippen LogP contribution in [0.3, 0.4) is 0 Å². The Balaban J connectivity index is 1.95. The predicted molar refractivity (Wildman–Crippen MR) is 101 cm³/mol. The van der Waals surface area contributed by atoms with Gasteiger partial charge in [0, 0.05) is 16.8 Å². The third-order valence-electron chi connectivity index (χ3n) is 5.61. The molecular formula is C21H16BrN3O2. The number of ether oxygens (including phenoxy) is 1. The second-order valence-electron chi connectivity index (χ2n) is 6.92. The van der Waals surface area contributed by atoms with E-state index >= 15 is 0 Å². The zero-order valence-electron chi connectivity index (χ0n) is 14.4. The number of halogens is 1. The number of rotatable bonds is 2. The van der Waals surface area contributed by atoms with Crippen LogP contribution < -0.4 is 5.32 Å². The Morgan fingerprint density at radius 1 is 1.04 bits per heavy atom. The Kier molecular flexibility index (Phi) is 4.26. The molecule has 2 fully saturated rings. The summed E-state index contributed by atoms with van der Waals surface area (Å²) in [6.07, 6.45) is 0.420. The Labute approximate surface area is 165 Å². The largest absolute Gasteiger partial charge is 0.464 e. The van der Waals surface area contributed by atoms with Crippen molar-refractivity contribution in [2.24, 2.45) is 5.41 Å². The summed E-state index contributed by atoms with van der Waals surface area (Å²) in [5.74, 6) is -1.03. The van der Waals surface area contributed by atoms with Crippen molar-refractivity contribution in [3.63, 3.8) is 0 Å². The molecule has 0 aromatic heterocycles. The number of nitrogens with zero attached hydrogens (tertiary/aromatic N) is 2. The average Bonchev–Trinajstić information content (AvgIpc) is 3.21. The van der Waals surface area contributed by atoms with Crippen molar-refractivity contribution in [2.45, 2.75) is 23.9 Å². The van der Waals surface area contributed by atoms with Crippen LogP contribution in [-0.4, -0.2) is 18.1 Å². The van der Waals surface area contributed by atoms with Gasteiger partial charge < -0.3 is 4.74 Å². The van der Waals surface area contributed by atoms with Crippen molar-refractivity contribution in [3.05, 3.63) is 70.2 Å². The number of hydrogen-bond donors (Lipinski definition) is 1. The number of hydrogen-bond acceptors (Lipinski definition) is 5. The third-order valence-corrected chi connectivity index (χ3v) is 6.13. The highest BCUT2D eigenvalue weighted by atomic mass is 79.9. The Morgan fingerprint density at radius 2 is 1.70 bits per heavy atom. The summed E-state index contributed by atoms with van der Waals surface area (Å²) in [6.45, 7) is 0.273. The summed E-state index contributed by atoms with van der Waals surface area (Å²) < 4.78 is 6.20. The maximum absolute atomic E-state index is 12.8. The van der Waals surface area contributed by atoms with E-state index in [1.54, 1.807) is 0 Å². The molecular weight excluding hydrogens is 406 g/mol. The van der Waals surface area contributed by atoms with Crippen LogP contribution in [-0.2, 0) is 9.53 Å². The summed E-state index contributed by atoms with van der Waals surface area (Å²) in [6, 6.07) is 20.7. The Bertz CT molecular complexity index is 948. The minimum Gasteiger partial charge on any atom is -0.464 e. The highest BCUT2D eigenvalue weighted by molar-refractivity contribution is 9.10. The molecule has 2 aromatic rings. The smallest absolute Gasteiger partial charge is 0.327 e. The number of carbonyl (C=O) groups is 1. The summed E-state index contributed by atoms with van der Waals surface area (Å²) in [7, 11) is 0. The molecule has 134 valence electrons. The van der Waals surface area contributed by atoms with Crippen LogP contribution in [0.25, 0.3) is 0 Å². The van der Waals surface area contributed by atoms with Crippen molar-refractivity contribution in [1.82, 2.24) is 5.32 Å². The molecule has 0 amide bonds. The molecule has 2 aliphatic rings. The van der Waals surface area contributed by atoms with Gasteiger partial charge in [0.1, 0.15) is 5.54 Å². The van der Waals surface area contributed by atoms with E-state index in [0.29, 0.717) is 6.42 Å². The molecule has 1 unspecified atom stereocenters. The van der Waals surface area contributed by atoms with Crippen LogP contribution in [0.2, 0.25) is 0 Å². The monoisotopic (exact) mass is 421 g/mol. The van der Waals surface area contributed by atoms with E-state index in [1.807, 2.05) is 54.6 Å². The third kappa shape index (κ3) is 2.49. The molecule has 5 nitrogen and oxygen atoms in total. The number of carbonyl (C=O) groups excluding carboxylic acids is 1. The van der Waals surface area contributed by atoms with Gasteiger partial charge in [0.15, 0.2) is 5.41 Å². The lowest BCUT2D eigenvalue weighted by molar-refractivity contribution is -0.143. The molecule has 27 heavy (non-hydrogen) atoms. The lowest BCUT2D eigenvalue weighted by Gasteiger charge is -2.31. The fourth-order valence-electron chi connectivity index (χ4n) is 4.42. The minimum absolute atomic E-state index is 0.273. The molecule has 0 radical (unpaired) electrons. The molecule has 4 rings (SSSR count). The highest BCUT2D eigenvalue weighted by Crippen LogP contribution is 2.59. The van der Waals surface area contributed by atoms with Gasteiger partial charge in [0.2, 0.25) is 0 Å². The molecule has 0 aliphatic carbocycles. The average molecular weight is 422 g/mol. The maximum Gasteiger partial charge on any atom is 0.327 e. The topological polar surface area (TPSA) is 85.9 Å². The van der Waals surface area contributed by atoms with Crippen LogP contribution in [0.1, 0.15) is 29.5 Å². The van der Waals surface area contributed by atoms with Gasteiger partial charge in [-0.15, -0.1) is 0 Å². The molecule has 2 saturated heterocycles. The van der Waals surface area contributed by atoms with Crippen molar-refractivity contribution in [2.75, 3.05) is 6.61 Å². The van der Waals surface area contributed by atoms with Gasteiger partial charge >= 0.3 is 5.97 Å². The second-order valence-corrected chi connectivity index (χ2v) is 7.84. The standard InChI is InChI=1S/C21H16BrN3O2/c22-16-8-6-15(7-9-16)18-20(12-23,13-24)17(14-4-2-1-3-5-14)21(25-18)10-11-27-19(21)26/h1-9,17-18,25H,10-11H2/t17?,18-,21-/m1/s1. The van der Waals surface area contributed by atoms with Gasteiger partial charge in [-0.05, 0) is 23.3 Å². The zero-order valence-corrected chi connectivity index (χ0v) is 15.9. The molecule has 0 saturated carbocycles. The highest BCUT2D eigenvalue weighted by Gasteiger charge is 2.69. The molecule has 6 heteroatoms. The first kappa shape index (κ1) is 17.7. The Hall–Kier alpha value is -2.67. The van der Waals surface area contributed by atoms with Gasteiger partial charge in [-0.25, -0.2) is 0 Å². The molecule has 1 spiro atoms. The van der Waals surface area contributed by atoms with E-state index in [2.05, 4.69) is 33.4 Å². The first-order chi connectivity index (χ1) is 13.1. The fraction of sp³-hybridized carbons (Fsp3) is 0.286. The van der Waals surface area contributed by atoms with Gasteiger partial charge in [-0.1, -0.05) is 58.4 Å². The van der Waals surface area contributed by atoms with Crippen molar-refractivity contribution in [1.29, 1.82) is 10.5 Å². The summed E-state index contributed by atoms with van der Waals surface area (Å²) in [4.78, 5) is 12.8. The summed E-state index contributed by atoms with van der Waals surface area (Å²) >= 11 is 3.41. The first-order valence-electron chi connectivity index (χ1n) is 8.65. The molecule has 2 heterocycles. The quantitative estimate of drug-likeness (QED) is 0.748. The van der Waals surface area contributed by atoms with E-state index < -0.39 is 28.9 Å². The van der Waals surface area contributed by atoms with E-state index in [-0.39, 0.29) is 6.61 Å². The van der Waals surface area contributed by atoms with Gasteiger partial charge in [0.05, 0.1) is 24.8 Å². The van der Waals surface area contributed by atoms with Gasteiger partial charge in [-0.2, -0.15) is 10.5 Å². The summed E-state index contributed by atoms with van der Waals surface area (Å²) in [5.41, 5.74) is -0.964. The molecule has 0 bridgehead atoms. The van der Waals surface area contributed by atoms with E-state index in [1.165, 1.54) is 0 Å². The Morgan fingerprint density at radius 3 is 2.26 bits per heavy atom. The second kappa shape index (κ2) is 6.49. The van der Waals surface area contributed by atoms with Crippen LogP contribution >= 0.6 is 15.9 Å². The van der Waals surface area contributed by atoms with E-state index in [9.17, 15) is 15.3 Å². The lowest BCUT2D eigenvalue weighted by Crippen LogP contribution is -2.49. The van der Waals surface area contributed by atoms with Gasteiger partial charge in [-0.3, -0.25) is 10.1 Å². The van der Waals surface area contributed by atoms with Crippen LogP contribution in [0, 0.1) is 28.1 Å². The number of esters is 1. The predicted octanol–water partition coefficient (Wildman–Crippen LogP) is 3.60. The molecule has 3 atom stereocenters. The van der Waals surface area contributed by atoms with Crippen molar-refractivity contribution >= 4 is 21.9 Å². The van der Waals surface area contributed by atoms with Crippen molar-refractivity contribution in [3.8, 4) is 12.1 Å². The number of nitrogens with one attached hydrogen (secondary N) is 1. The maximum atomic E-state index is 12.8. The molecule has 1 N–H and O–H groups in total. The SMILES string of the molecule is N#CC1(C#N)C(c2ccccc2)[C@@]2(CCOC2=O)N[C@@H]1c1ccc(Br)cc1.